The standard InChI is InChI=1S/C19H26N4O2/c1-11-5-6-23(11)19-20-16-4-2-3-14(16)18(21-19)22-9-12-7-13(10-22)15(12)8-17(24)25/h11-13,15H,2-10H2,1H3,(H,24,25)/t11-,12-,13+,15-/m0/s1. The summed E-state index contributed by atoms with van der Waals surface area (Å²) in [5.41, 5.74) is 2.61. The Kier molecular flexibility index (Phi) is 3.44. The predicted octanol–water partition coefficient (Wildman–Crippen LogP) is 2.11. The van der Waals surface area contributed by atoms with Crippen molar-refractivity contribution >= 4 is 17.7 Å². The lowest BCUT2D eigenvalue weighted by Crippen LogP contribution is -2.56. The maximum Gasteiger partial charge on any atom is 0.303 e. The molecule has 0 spiro atoms. The number of aliphatic carboxylic acids is 1. The summed E-state index contributed by atoms with van der Waals surface area (Å²) in [5, 5.41) is 9.13. The highest BCUT2D eigenvalue weighted by molar-refractivity contribution is 5.67. The second kappa shape index (κ2) is 5.58. The molecular formula is C19H26N4O2. The van der Waals surface area contributed by atoms with Gasteiger partial charge in [-0.3, -0.25) is 4.79 Å². The average Bonchev–Trinajstić information content (AvgIpc) is 3.06. The molecule has 0 amide bonds. The zero-order valence-electron chi connectivity index (χ0n) is 14.8. The highest BCUT2D eigenvalue weighted by Crippen LogP contribution is 2.49. The zero-order chi connectivity index (χ0) is 17.1. The fourth-order valence-electron chi connectivity index (χ4n) is 5.30. The lowest BCUT2D eigenvalue weighted by molar-refractivity contribution is -0.141. The van der Waals surface area contributed by atoms with Gasteiger partial charge in [-0.05, 0) is 56.8 Å². The fraction of sp³-hybridized carbons (Fsp3) is 0.737. The smallest absolute Gasteiger partial charge is 0.303 e. The molecule has 6 rings (SSSR count). The molecule has 6 heteroatoms. The molecule has 6 nitrogen and oxygen atoms in total. The van der Waals surface area contributed by atoms with E-state index < -0.39 is 5.97 Å². The first-order chi connectivity index (χ1) is 12.1. The topological polar surface area (TPSA) is 69.6 Å². The van der Waals surface area contributed by atoms with Gasteiger partial charge in [0.2, 0.25) is 5.95 Å². The minimum Gasteiger partial charge on any atom is -0.481 e. The monoisotopic (exact) mass is 342 g/mol. The van der Waals surface area contributed by atoms with E-state index >= 15 is 0 Å². The predicted molar refractivity (Wildman–Crippen MR) is 95.0 cm³/mol. The quantitative estimate of drug-likeness (QED) is 0.904. The second-order valence-electron chi connectivity index (χ2n) is 8.38. The molecular weight excluding hydrogens is 316 g/mol. The summed E-state index contributed by atoms with van der Waals surface area (Å²) >= 11 is 0. The van der Waals surface area contributed by atoms with E-state index in [1.54, 1.807) is 0 Å². The molecule has 1 N–H and O–H groups in total. The van der Waals surface area contributed by atoms with Crippen LogP contribution in [0.1, 0.15) is 43.9 Å². The molecule has 1 saturated carbocycles. The molecule has 5 aliphatic rings. The third kappa shape index (κ3) is 2.41. The van der Waals surface area contributed by atoms with Gasteiger partial charge < -0.3 is 14.9 Å². The summed E-state index contributed by atoms with van der Waals surface area (Å²) in [7, 11) is 0. The third-order valence-electron chi connectivity index (χ3n) is 6.91. The summed E-state index contributed by atoms with van der Waals surface area (Å²) < 4.78 is 0. The van der Waals surface area contributed by atoms with Gasteiger partial charge in [-0.25, -0.2) is 4.98 Å². The summed E-state index contributed by atoms with van der Waals surface area (Å²) in [4.78, 5) is 25.7. The Balaban J connectivity index is 1.42. The van der Waals surface area contributed by atoms with Crippen LogP contribution in [0.5, 0.6) is 0 Å². The number of hydrogen-bond donors (Lipinski definition) is 1. The van der Waals surface area contributed by atoms with Crippen molar-refractivity contribution in [2.45, 2.75) is 51.5 Å². The number of anilines is 2. The molecule has 0 radical (unpaired) electrons. The normalized spacial score (nSPS) is 32.8. The van der Waals surface area contributed by atoms with Crippen molar-refractivity contribution in [2.24, 2.45) is 17.8 Å². The molecule has 3 saturated heterocycles. The van der Waals surface area contributed by atoms with Gasteiger partial charge >= 0.3 is 5.97 Å². The number of carboxylic acid groups (broad SMARTS) is 1. The van der Waals surface area contributed by atoms with E-state index in [0.717, 1.165) is 44.2 Å². The molecule has 134 valence electrons. The minimum absolute atomic E-state index is 0.335. The molecule has 4 heterocycles. The highest BCUT2D eigenvalue weighted by atomic mass is 16.4. The first-order valence-corrected chi connectivity index (χ1v) is 9.73. The molecule has 2 bridgehead atoms. The Bertz CT molecular complexity index is 710. The molecule has 2 aliphatic carbocycles. The van der Waals surface area contributed by atoms with Gasteiger partial charge in [0.25, 0.3) is 0 Å². The summed E-state index contributed by atoms with van der Waals surface area (Å²) in [6.07, 6.45) is 6.09. The number of fused-ring (bicyclic) bond motifs is 3. The molecule has 4 fully saturated rings. The minimum atomic E-state index is -0.648. The van der Waals surface area contributed by atoms with Gasteiger partial charge in [-0.15, -0.1) is 0 Å². The number of aromatic nitrogens is 2. The van der Waals surface area contributed by atoms with Crippen molar-refractivity contribution in [3.8, 4) is 0 Å². The Morgan fingerprint density at radius 2 is 2.04 bits per heavy atom. The molecule has 0 unspecified atom stereocenters. The van der Waals surface area contributed by atoms with Crippen molar-refractivity contribution < 1.29 is 9.90 Å². The van der Waals surface area contributed by atoms with Gasteiger partial charge in [0.05, 0.1) is 5.69 Å². The van der Waals surface area contributed by atoms with Crippen LogP contribution >= 0.6 is 0 Å². The number of aryl methyl sites for hydroxylation is 1. The molecule has 0 aromatic carbocycles. The SMILES string of the molecule is C[C@H]1CCN1c1nc2c(c(N3C[C@H]4C[C@@H](C3)[C@@H]4CC(=O)O)n1)CCC2. The molecule has 1 aromatic heterocycles. The Labute approximate surface area is 148 Å². The molecule has 4 atom stereocenters. The fourth-order valence-corrected chi connectivity index (χ4v) is 5.30. The van der Waals surface area contributed by atoms with Gasteiger partial charge in [0.15, 0.2) is 0 Å². The van der Waals surface area contributed by atoms with Crippen LogP contribution in [0.15, 0.2) is 0 Å². The van der Waals surface area contributed by atoms with E-state index in [2.05, 4.69) is 16.7 Å². The van der Waals surface area contributed by atoms with Crippen LogP contribution < -0.4 is 9.80 Å². The number of carboxylic acids is 1. The third-order valence-corrected chi connectivity index (χ3v) is 6.91. The van der Waals surface area contributed by atoms with E-state index in [1.807, 2.05) is 0 Å². The van der Waals surface area contributed by atoms with Gasteiger partial charge in [0, 0.05) is 37.7 Å². The molecule has 3 aliphatic heterocycles. The highest BCUT2D eigenvalue weighted by Gasteiger charge is 2.48. The van der Waals surface area contributed by atoms with Crippen LogP contribution in [0, 0.1) is 17.8 Å². The van der Waals surface area contributed by atoms with Gasteiger partial charge in [-0.2, -0.15) is 4.98 Å². The maximum absolute atomic E-state index is 11.1. The lowest BCUT2D eigenvalue weighted by atomic mass is 9.60. The van der Waals surface area contributed by atoms with Crippen LogP contribution in [-0.2, 0) is 17.6 Å². The zero-order valence-corrected chi connectivity index (χ0v) is 14.8. The number of piperidine rings is 2. The van der Waals surface area contributed by atoms with E-state index in [4.69, 9.17) is 15.1 Å². The van der Waals surface area contributed by atoms with Crippen molar-refractivity contribution in [3.63, 3.8) is 0 Å². The van der Waals surface area contributed by atoms with E-state index in [-0.39, 0.29) is 0 Å². The number of carbonyl (C=O) groups is 1. The average molecular weight is 342 g/mol. The summed E-state index contributed by atoms with van der Waals surface area (Å²) in [6, 6.07) is 0.544. The maximum atomic E-state index is 11.1. The van der Waals surface area contributed by atoms with Crippen LogP contribution in [-0.4, -0.2) is 46.7 Å². The van der Waals surface area contributed by atoms with Crippen LogP contribution in [0.4, 0.5) is 11.8 Å². The summed E-state index contributed by atoms with van der Waals surface area (Å²) in [6.45, 7) is 5.23. The molecule has 1 aromatic rings. The Morgan fingerprint density at radius 1 is 1.24 bits per heavy atom. The lowest BCUT2D eigenvalue weighted by Gasteiger charge is -2.54. The van der Waals surface area contributed by atoms with Crippen LogP contribution in [0.3, 0.4) is 0 Å². The van der Waals surface area contributed by atoms with Crippen molar-refractivity contribution in [1.82, 2.24) is 9.97 Å². The number of rotatable bonds is 4. The largest absolute Gasteiger partial charge is 0.481 e. The van der Waals surface area contributed by atoms with Crippen LogP contribution in [0.25, 0.3) is 0 Å². The van der Waals surface area contributed by atoms with E-state index in [0.29, 0.717) is 30.2 Å². The second-order valence-corrected chi connectivity index (χ2v) is 8.38. The van der Waals surface area contributed by atoms with E-state index in [9.17, 15) is 4.79 Å². The Hall–Kier alpha value is -1.85. The van der Waals surface area contributed by atoms with Gasteiger partial charge in [-0.1, -0.05) is 0 Å². The van der Waals surface area contributed by atoms with Crippen LogP contribution in [0.2, 0.25) is 0 Å². The Morgan fingerprint density at radius 3 is 2.68 bits per heavy atom. The summed E-state index contributed by atoms with van der Waals surface area (Å²) in [5.74, 6) is 2.83. The van der Waals surface area contributed by atoms with Crippen molar-refractivity contribution in [2.75, 3.05) is 29.4 Å². The molecule has 25 heavy (non-hydrogen) atoms. The first kappa shape index (κ1) is 15.4. The van der Waals surface area contributed by atoms with E-state index in [1.165, 1.54) is 30.5 Å². The number of nitrogens with zero attached hydrogens (tertiary/aromatic N) is 4. The van der Waals surface area contributed by atoms with Crippen molar-refractivity contribution in [3.05, 3.63) is 11.3 Å². The van der Waals surface area contributed by atoms with Crippen molar-refractivity contribution in [1.29, 1.82) is 0 Å². The number of hydrogen-bond acceptors (Lipinski definition) is 5. The van der Waals surface area contributed by atoms with Gasteiger partial charge in [0.1, 0.15) is 5.82 Å². The first-order valence-electron chi connectivity index (χ1n) is 9.73.